The summed E-state index contributed by atoms with van der Waals surface area (Å²) in [6.07, 6.45) is 2.16. The number of nitrogens with two attached hydrogens (primary N) is 1. The van der Waals surface area contributed by atoms with Crippen LogP contribution >= 0.6 is 12.4 Å². The Balaban J connectivity index is 0.000000810. The van der Waals surface area contributed by atoms with Gasteiger partial charge in [-0.05, 0) is 12.1 Å². The van der Waals surface area contributed by atoms with Crippen molar-refractivity contribution in [2.75, 3.05) is 5.73 Å². The van der Waals surface area contributed by atoms with Gasteiger partial charge in [-0.25, -0.2) is 0 Å². The normalized spacial score (nSPS) is 8.00. The van der Waals surface area contributed by atoms with E-state index in [1.165, 1.54) is 6.20 Å². The number of carbonyl (C=O) groups is 1. The standard InChI is InChI=1S/C6H6N2O.ClH/c7-5-2-1-3-8-6(5)4-9;/h1-4H,7H2;1H. The second-order valence-corrected chi connectivity index (χ2v) is 1.60. The molecule has 0 saturated carbocycles. The molecule has 2 N–H and O–H groups in total. The minimum atomic E-state index is 0. The third-order valence-corrected chi connectivity index (χ3v) is 0.983. The third-order valence-electron chi connectivity index (χ3n) is 0.983. The molecule has 1 aromatic heterocycles. The first kappa shape index (κ1) is 8.91. The summed E-state index contributed by atoms with van der Waals surface area (Å²) >= 11 is 0. The lowest BCUT2D eigenvalue weighted by Crippen LogP contribution is -1.94. The van der Waals surface area contributed by atoms with E-state index >= 15 is 0 Å². The number of pyridine rings is 1. The van der Waals surface area contributed by atoms with E-state index in [4.69, 9.17) is 5.73 Å². The van der Waals surface area contributed by atoms with Crippen LogP contribution in [-0.2, 0) is 0 Å². The van der Waals surface area contributed by atoms with Gasteiger partial charge in [-0.1, -0.05) is 0 Å². The van der Waals surface area contributed by atoms with Crippen LogP contribution in [-0.4, -0.2) is 11.3 Å². The van der Waals surface area contributed by atoms with Crippen LogP contribution in [0.15, 0.2) is 18.3 Å². The number of hydrogen-bond donors (Lipinski definition) is 1. The first-order chi connectivity index (χ1) is 4.34. The van der Waals surface area contributed by atoms with E-state index in [1.54, 1.807) is 12.1 Å². The Labute approximate surface area is 64.7 Å². The number of carbonyl (C=O) groups excluding carboxylic acids is 1. The fourth-order valence-electron chi connectivity index (χ4n) is 0.528. The number of aldehydes is 1. The second-order valence-electron chi connectivity index (χ2n) is 1.60. The molecule has 1 rings (SSSR count). The van der Waals surface area contributed by atoms with Crippen molar-refractivity contribution in [2.24, 2.45) is 0 Å². The average Bonchev–Trinajstić information content (AvgIpc) is 1.89. The SMILES string of the molecule is Cl.Nc1cccnc1C=O. The maximum Gasteiger partial charge on any atom is 0.170 e. The highest BCUT2D eigenvalue weighted by Crippen LogP contribution is 2.01. The van der Waals surface area contributed by atoms with Crippen molar-refractivity contribution in [1.29, 1.82) is 0 Å². The molecule has 0 aliphatic carbocycles. The number of anilines is 1. The summed E-state index contributed by atoms with van der Waals surface area (Å²) in [6, 6.07) is 3.32. The molecule has 0 unspecified atom stereocenters. The second kappa shape index (κ2) is 3.85. The lowest BCUT2D eigenvalue weighted by molar-refractivity contribution is 0.112. The van der Waals surface area contributed by atoms with E-state index in [9.17, 15) is 4.79 Å². The number of rotatable bonds is 1. The van der Waals surface area contributed by atoms with E-state index in [-0.39, 0.29) is 12.4 Å². The van der Waals surface area contributed by atoms with Crippen molar-refractivity contribution >= 4 is 24.4 Å². The first-order valence-corrected chi connectivity index (χ1v) is 2.50. The lowest BCUT2D eigenvalue weighted by atomic mass is 10.3. The Morgan fingerprint density at radius 2 is 2.30 bits per heavy atom. The van der Waals surface area contributed by atoms with Crippen molar-refractivity contribution in [3.63, 3.8) is 0 Å². The molecule has 0 radical (unpaired) electrons. The van der Waals surface area contributed by atoms with E-state index in [0.29, 0.717) is 17.7 Å². The van der Waals surface area contributed by atoms with Gasteiger partial charge in [0.25, 0.3) is 0 Å². The monoisotopic (exact) mass is 158 g/mol. The molecule has 10 heavy (non-hydrogen) atoms. The van der Waals surface area contributed by atoms with Crippen molar-refractivity contribution < 1.29 is 4.79 Å². The van der Waals surface area contributed by atoms with Crippen molar-refractivity contribution in [3.05, 3.63) is 24.0 Å². The van der Waals surface area contributed by atoms with Gasteiger partial charge in [0.2, 0.25) is 0 Å². The van der Waals surface area contributed by atoms with Crippen LogP contribution in [0.3, 0.4) is 0 Å². The van der Waals surface area contributed by atoms with E-state index in [0.717, 1.165) is 0 Å². The molecule has 0 atom stereocenters. The van der Waals surface area contributed by atoms with E-state index in [2.05, 4.69) is 4.98 Å². The van der Waals surface area contributed by atoms with Crippen molar-refractivity contribution in [1.82, 2.24) is 4.98 Å². The maximum atomic E-state index is 10.1. The average molecular weight is 159 g/mol. The van der Waals surface area contributed by atoms with Gasteiger partial charge in [-0.15, -0.1) is 12.4 Å². The minimum Gasteiger partial charge on any atom is -0.397 e. The fraction of sp³-hybridized carbons (Fsp3) is 0. The van der Waals surface area contributed by atoms with Crippen molar-refractivity contribution in [2.45, 2.75) is 0 Å². The van der Waals surface area contributed by atoms with Gasteiger partial charge in [0.05, 0.1) is 5.69 Å². The van der Waals surface area contributed by atoms with Gasteiger partial charge in [-0.2, -0.15) is 0 Å². The Bertz CT molecular complexity index is 227. The molecule has 0 amide bonds. The van der Waals surface area contributed by atoms with Crippen LogP contribution < -0.4 is 5.73 Å². The van der Waals surface area contributed by atoms with Gasteiger partial charge in [0.15, 0.2) is 6.29 Å². The highest BCUT2D eigenvalue weighted by atomic mass is 35.5. The number of aromatic nitrogens is 1. The molecule has 0 saturated heterocycles. The van der Waals surface area contributed by atoms with Crippen LogP contribution in [0.1, 0.15) is 10.5 Å². The minimum absolute atomic E-state index is 0. The first-order valence-electron chi connectivity index (χ1n) is 2.50. The summed E-state index contributed by atoms with van der Waals surface area (Å²) in [6.45, 7) is 0. The molecule has 0 aromatic carbocycles. The van der Waals surface area contributed by atoms with Crippen molar-refractivity contribution in [3.8, 4) is 0 Å². The Hall–Kier alpha value is -1.09. The number of hydrogen-bond acceptors (Lipinski definition) is 3. The highest BCUT2D eigenvalue weighted by molar-refractivity contribution is 5.85. The molecule has 1 aromatic rings. The summed E-state index contributed by atoms with van der Waals surface area (Å²) in [4.78, 5) is 13.8. The van der Waals surface area contributed by atoms with Gasteiger partial charge in [-0.3, -0.25) is 9.78 Å². The fourth-order valence-corrected chi connectivity index (χ4v) is 0.528. The number of nitrogens with zero attached hydrogens (tertiary/aromatic N) is 1. The Morgan fingerprint density at radius 1 is 1.60 bits per heavy atom. The molecular weight excluding hydrogens is 152 g/mol. The summed E-state index contributed by atoms with van der Waals surface area (Å²) in [5.74, 6) is 0. The van der Waals surface area contributed by atoms with Gasteiger partial charge in [0.1, 0.15) is 5.69 Å². The van der Waals surface area contributed by atoms with Crippen LogP contribution in [0.25, 0.3) is 0 Å². The predicted octanol–water partition coefficient (Wildman–Crippen LogP) is 0.898. The molecule has 4 heteroatoms. The van der Waals surface area contributed by atoms with E-state index < -0.39 is 0 Å². The number of halogens is 1. The molecule has 0 bridgehead atoms. The maximum absolute atomic E-state index is 10.1. The summed E-state index contributed by atoms with van der Waals surface area (Å²) in [5.41, 5.74) is 6.06. The summed E-state index contributed by atoms with van der Waals surface area (Å²) in [5, 5.41) is 0. The molecule has 0 aliphatic rings. The smallest absolute Gasteiger partial charge is 0.170 e. The van der Waals surface area contributed by atoms with Crippen LogP contribution in [0.5, 0.6) is 0 Å². The molecule has 0 spiro atoms. The molecule has 3 nitrogen and oxygen atoms in total. The molecule has 1 heterocycles. The highest BCUT2D eigenvalue weighted by Gasteiger charge is 1.92. The molecule has 0 fully saturated rings. The predicted molar refractivity (Wildman–Crippen MR) is 41.3 cm³/mol. The zero-order valence-electron chi connectivity index (χ0n) is 5.15. The topological polar surface area (TPSA) is 56.0 Å². The van der Waals surface area contributed by atoms with Crippen LogP contribution in [0.2, 0.25) is 0 Å². The number of nitrogen functional groups attached to an aromatic ring is 1. The molecule has 0 aliphatic heterocycles. The Morgan fingerprint density at radius 3 is 2.70 bits per heavy atom. The van der Waals surface area contributed by atoms with Crippen LogP contribution in [0, 0.1) is 0 Å². The summed E-state index contributed by atoms with van der Waals surface area (Å²) in [7, 11) is 0. The lowest BCUT2D eigenvalue weighted by Gasteiger charge is -1.91. The molecular formula is C6H7ClN2O. The van der Waals surface area contributed by atoms with Crippen LogP contribution in [0.4, 0.5) is 5.69 Å². The largest absolute Gasteiger partial charge is 0.397 e. The zero-order valence-corrected chi connectivity index (χ0v) is 5.97. The summed E-state index contributed by atoms with van der Waals surface area (Å²) < 4.78 is 0. The Kier molecular flexibility index (Phi) is 3.43. The van der Waals surface area contributed by atoms with Gasteiger partial charge < -0.3 is 5.73 Å². The zero-order chi connectivity index (χ0) is 6.69. The van der Waals surface area contributed by atoms with Gasteiger partial charge >= 0.3 is 0 Å². The third kappa shape index (κ3) is 1.70. The van der Waals surface area contributed by atoms with Gasteiger partial charge in [0, 0.05) is 6.20 Å². The molecule has 54 valence electrons. The quantitative estimate of drug-likeness (QED) is 0.618. The van der Waals surface area contributed by atoms with E-state index in [1.807, 2.05) is 0 Å².